The summed E-state index contributed by atoms with van der Waals surface area (Å²) in [5, 5.41) is 7.40. The number of nitrogens with one attached hydrogen (secondary N) is 1. The van der Waals surface area contributed by atoms with E-state index < -0.39 is 0 Å². The molecule has 0 bridgehead atoms. The molecule has 1 atom stereocenters. The van der Waals surface area contributed by atoms with Crippen molar-refractivity contribution >= 4 is 28.6 Å². The summed E-state index contributed by atoms with van der Waals surface area (Å²) in [6, 6.07) is -0.334. The van der Waals surface area contributed by atoms with Crippen molar-refractivity contribution in [2.45, 2.75) is 18.9 Å². The van der Waals surface area contributed by atoms with Crippen LogP contribution in [0.3, 0.4) is 0 Å². The number of imidazole rings is 1. The molecule has 0 saturated carbocycles. The van der Waals surface area contributed by atoms with E-state index in [2.05, 4.69) is 25.4 Å². The van der Waals surface area contributed by atoms with Crippen molar-refractivity contribution in [2.75, 3.05) is 16.8 Å². The van der Waals surface area contributed by atoms with Crippen molar-refractivity contribution in [3.8, 4) is 0 Å². The monoisotopic (exact) mass is 326 g/mol. The first-order valence-electron chi connectivity index (χ1n) is 7.82. The van der Waals surface area contributed by atoms with E-state index in [9.17, 15) is 4.79 Å². The summed E-state index contributed by atoms with van der Waals surface area (Å²) in [6.07, 6.45) is 8.40. The summed E-state index contributed by atoms with van der Waals surface area (Å²) in [7, 11) is 3.72. The Balaban J connectivity index is 1.60. The highest BCUT2D eigenvalue weighted by Crippen LogP contribution is 2.24. The molecule has 0 aliphatic carbocycles. The van der Waals surface area contributed by atoms with E-state index in [0.717, 1.165) is 24.2 Å². The third-order valence-corrected chi connectivity index (χ3v) is 4.25. The van der Waals surface area contributed by atoms with Gasteiger partial charge in [0, 0.05) is 26.8 Å². The van der Waals surface area contributed by atoms with E-state index in [-0.39, 0.29) is 11.9 Å². The zero-order valence-electron chi connectivity index (χ0n) is 13.5. The van der Waals surface area contributed by atoms with E-state index >= 15 is 0 Å². The normalized spacial score (nSPS) is 18.3. The number of carbonyl (C=O) groups excluding carboxylic acids is 1. The second kappa shape index (κ2) is 5.59. The SMILES string of the molecule is Cn1cc(N2CCCC(Nc3ncnc4c3ncn4C)C2=O)cn1. The first kappa shape index (κ1) is 14.6. The van der Waals surface area contributed by atoms with Crippen LogP contribution in [0.15, 0.2) is 25.0 Å². The summed E-state index contributed by atoms with van der Waals surface area (Å²) in [5.41, 5.74) is 2.23. The Morgan fingerprint density at radius 2 is 2.12 bits per heavy atom. The molecule has 3 aromatic heterocycles. The molecule has 124 valence electrons. The number of hydrogen-bond donors (Lipinski definition) is 1. The third-order valence-electron chi connectivity index (χ3n) is 4.25. The molecule has 4 rings (SSSR count). The molecule has 9 heteroatoms. The van der Waals surface area contributed by atoms with Gasteiger partial charge in [0.05, 0.1) is 18.2 Å². The Morgan fingerprint density at radius 1 is 1.25 bits per heavy atom. The van der Waals surface area contributed by atoms with Crippen molar-refractivity contribution in [2.24, 2.45) is 14.1 Å². The topological polar surface area (TPSA) is 93.8 Å². The Kier molecular flexibility index (Phi) is 3.40. The molecule has 1 N–H and O–H groups in total. The Hall–Kier alpha value is -2.97. The fourth-order valence-electron chi connectivity index (χ4n) is 3.03. The van der Waals surface area contributed by atoms with Crippen molar-refractivity contribution in [1.29, 1.82) is 0 Å². The van der Waals surface area contributed by atoms with Gasteiger partial charge in [0.2, 0.25) is 5.91 Å². The molecular formula is C15H18N8O. The number of anilines is 2. The fourth-order valence-corrected chi connectivity index (χ4v) is 3.03. The predicted molar refractivity (Wildman–Crippen MR) is 88.5 cm³/mol. The van der Waals surface area contributed by atoms with Crippen LogP contribution < -0.4 is 10.2 Å². The number of amides is 1. The van der Waals surface area contributed by atoms with Crippen molar-refractivity contribution in [3.05, 3.63) is 25.0 Å². The van der Waals surface area contributed by atoms with Crippen LogP contribution in [0.25, 0.3) is 11.2 Å². The smallest absolute Gasteiger partial charge is 0.249 e. The average molecular weight is 326 g/mol. The van der Waals surface area contributed by atoms with Crippen LogP contribution in [0.4, 0.5) is 11.5 Å². The molecule has 1 aliphatic rings. The molecule has 0 spiro atoms. The quantitative estimate of drug-likeness (QED) is 0.761. The lowest BCUT2D eigenvalue weighted by molar-refractivity contribution is -0.120. The Labute approximate surface area is 138 Å². The molecule has 4 heterocycles. The van der Waals surface area contributed by atoms with Crippen LogP contribution in [0.5, 0.6) is 0 Å². The first-order valence-corrected chi connectivity index (χ1v) is 7.82. The molecule has 1 amide bonds. The molecule has 0 aromatic carbocycles. The summed E-state index contributed by atoms with van der Waals surface area (Å²) in [4.78, 5) is 27.4. The van der Waals surface area contributed by atoms with Gasteiger partial charge in [-0.2, -0.15) is 5.10 Å². The fraction of sp³-hybridized carbons (Fsp3) is 0.400. The van der Waals surface area contributed by atoms with Crippen LogP contribution in [0.2, 0.25) is 0 Å². The largest absolute Gasteiger partial charge is 0.356 e. The predicted octanol–water partition coefficient (Wildman–Crippen LogP) is 0.704. The van der Waals surface area contributed by atoms with Gasteiger partial charge in [-0.3, -0.25) is 9.48 Å². The number of piperidine rings is 1. The summed E-state index contributed by atoms with van der Waals surface area (Å²) < 4.78 is 3.52. The molecule has 1 fully saturated rings. The highest BCUT2D eigenvalue weighted by atomic mass is 16.2. The lowest BCUT2D eigenvalue weighted by atomic mass is 10.0. The van der Waals surface area contributed by atoms with Gasteiger partial charge in [0.1, 0.15) is 17.9 Å². The maximum atomic E-state index is 12.8. The second-order valence-corrected chi connectivity index (χ2v) is 5.95. The number of aryl methyl sites for hydroxylation is 2. The zero-order chi connectivity index (χ0) is 16.7. The number of hydrogen-bond acceptors (Lipinski definition) is 6. The molecule has 1 saturated heterocycles. The zero-order valence-corrected chi connectivity index (χ0v) is 13.5. The van der Waals surface area contributed by atoms with Crippen LogP contribution in [-0.2, 0) is 18.9 Å². The molecular weight excluding hydrogens is 308 g/mol. The summed E-state index contributed by atoms with van der Waals surface area (Å²) in [5.74, 6) is 0.615. The van der Waals surface area contributed by atoms with Crippen molar-refractivity contribution in [3.63, 3.8) is 0 Å². The number of rotatable bonds is 3. The maximum absolute atomic E-state index is 12.8. The molecule has 1 unspecified atom stereocenters. The second-order valence-electron chi connectivity index (χ2n) is 5.95. The average Bonchev–Trinajstić information content (AvgIpc) is 3.17. The van der Waals surface area contributed by atoms with Gasteiger partial charge in [0.15, 0.2) is 11.5 Å². The number of aromatic nitrogens is 6. The van der Waals surface area contributed by atoms with Gasteiger partial charge in [-0.05, 0) is 12.8 Å². The van der Waals surface area contributed by atoms with Gasteiger partial charge < -0.3 is 14.8 Å². The van der Waals surface area contributed by atoms with Crippen LogP contribution in [0, 0.1) is 0 Å². The minimum Gasteiger partial charge on any atom is -0.356 e. The van der Waals surface area contributed by atoms with E-state index in [1.807, 2.05) is 24.9 Å². The summed E-state index contributed by atoms with van der Waals surface area (Å²) >= 11 is 0. The highest BCUT2D eigenvalue weighted by Gasteiger charge is 2.31. The third kappa shape index (κ3) is 2.38. The molecule has 3 aromatic rings. The molecule has 0 radical (unpaired) electrons. The van der Waals surface area contributed by atoms with Crippen LogP contribution in [0.1, 0.15) is 12.8 Å². The number of nitrogens with zero attached hydrogens (tertiary/aromatic N) is 7. The van der Waals surface area contributed by atoms with Gasteiger partial charge in [-0.25, -0.2) is 15.0 Å². The van der Waals surface area contributed by atoms with E-state index in [4.69, 9.17) is 0 Å². The van der Waals surface area contributed by atoms with Gasteiger partial charge >= 0.3 is 0 Å². The maximum Gasteiger partial charge on any atom is 0.249 e. The minimum absolute atomic E-state index is 0.0249. The Bertz CT molecular complexity index is 898. The lowest BCUT2D eigenvalue weighted by Crippen LogP contribution is -2.47. The van der Waals surface area contributed by atoms with Crippen molar-refractivity contribution in [1.82, 2.24) is 29.3 Å². The van der Waals surface area contributed by atoms with Gasteiger partial charge in [0.25, 0.3) is 0 Å². The lowest BCUT2D eigenvalue weighted by Gasteiger charge is -2.31. The summed E-state index contributed by atoms with van der Waals surface area (Å²) in [6.45, 7) is 0.700. The molecule has 9 nitrogen and oxygen atoms in total. The van der Waals surface area contributed by atoms with E-state index in [1.54, 1.807) is 22.1 Å². The molecule has 1 aliphatic heterocycles. The first-order chi connectivity index (χ1) is 11.6. The minimum atomic E-state index is -0.334. The highest BCUT2D eigenvalue weighted by molar-refractivity contribution is 6.00. The molecule has 24 heavy (non-hydrogen) atoms. The van der Waals surface area contributed by atoms with Crippen LogP contribution in [-0.4, -0.2) is 47.8 Å². The van der Waals surface area contributed by atoms with Crippen molar-refractivity contribution < 1.29 is 4.79 Å². The Morgan fingerprint density at radius 3 is 2.92 bits per heavy atom. The van der Waals surface area contributed by atoms with E-state index in [0.29, 0.717) is 17.9 Å². The van der Waals surface area contributed by atoms with Gasteiger partial charge in [-0.15, -0.1) is 0 Å². The number of carbonyl (C=O) groups is 1. The van der Waals surface area contributed by atoms with Crippen LogP contribution >= 0.6 is 0 Å². The number of fused-ring (bicyclic) bond motifs is 1. The van der Waals surface area contributed by atoms with Gasteiger partial charge in [-0.1, -0.05) is 0 Å². The standard InChI is InChI=1S/C15H18N8O/c1-21-9-18-12-13(16-8-17-14(12)21)20-11-4-3-5-23(15(11)24)10-6-19-22(2)7-10/h6-9,11H,3-5H2,1-2H3,(H,16,17,20). The van der Waals surface area contributed by atoms with E-state index in [1.165, 1.54) is 6.33 Å².